The molecule has 1 saturated heterocycles. The maximum atomic E-state index is 10.9. The molecule has 1 unspecified atom stereocenters. The monoisotopic (exact) mass is 366 g/mol. The highest BCUT2D eigenvalue weighted by atomic mass is 35.5. The van der Waals surface area contributed by atoms with Crippen LogP contribution in [0.1, 0.15) is 38.7 Å². The number of rotatable bonds is 5. The second-order valence-corrected chi connectivity index (χ2v) is 8.29. The maximum Gasteiger partial charge on any atom is 0.152 e. The van der Waals surface area contributed by atoms with E-state index in [2.05, 4.69) is 42.8 Å². The van der Waals surface area contributed by atoms with E-state index in [4.69, 9.17) is 16.2 Å². The predicted octanol–water partition coefficient (Wildman–Crippen LogP) is 4.45. The molecule has 4 nitrogen and oxygen atoms in total. The van der Waals surface area contributed by atoms with Crippen LogP contribution >= 0.6 is 11.6 Å². The molecule has 0 radical (unpaired) electrons. The zero-order chi connectivity index (χ0) is 17.4. The Morgan fingerprint density at radius 2 is 2.17 bits per heavy atom. The van der Waals surface area contributed by atoms with Gasteiger partial charge in [-0.05, 0) is 48.3 Å². The fourth-order valence-electron chi connectivity index (χ4n) is 3.57. The van der Waals surface area contributed by atoms with E-state index in [9.17, 15) is 4.21 Å². The van der Waals surface area contributed by atoms with E-state index in [-0.39, 0.29) is 0 Å². The number of halogens is 1. The Labute approximate surface area is 150 Å². The summed E-state index contributed by atoms with van der Waals surface area (Å²) in [5.74, 6) is 1.23. The van der Waals surface area contributed by atoms with E-state index >= 15 is 0 Å². The molecule has 6 heteroatoms. The maximum absolute atomic E-state index is 10.9. The van der Waals surface area contributed by atoms with Crippen molar-refractivity contribution in [3.63, 3.8) is 0 Å². The van der Waals surface area contributed by atoms with Gasteiger partial charge in [0.2, 0.25) is 0 Å². The summed E-state index contributed by atoms with van der Waals surface area (Å²) in [6, 6.07) is 6.66. The molecule has 1 aromatic carbocycles. The summed E-state index contributed by atoms with van der Waals surface area (Å²) in [4.78, 5) is 6.63. The molecule has 3 atom stereocenters. The number of fused-ring (bicyclic) bond motifs is 1. The van der Waals surface area contributed by atoms with Crippen molar-refractivity contribution in [3.8, 4) is 0 Å². The van der Waals surface area contributed by atoms with Crippen LogP contribution in [-0.4, -0.2) is 32.1 Å². The van der Waals surface area contributed by atoms with Gasteiger partial charge >= 0.3 is 0 Å². The van der Waals surface area contributed by atoms with Crippen LogP contribution in [0.2, 0.25) is 5.15 Å². The van der Waals surface area contributed by atoms with Crippen molar-refractivity contribution in [2.24, 2.45) is 5.92 Å². The third-order valence-electron chi connectivity index (χ3n) is 5.08. The Balaban J connectivity index is 1.91. The third kappa shape index (κ3) is 3.30. The summed E-state index contributed by atoms with van der Waals surface area (Å²) < 4.78 is 19.9. The number of hydrogen-bond acceptors (Lipinski definition) is 3. The normalized spacial score (nSPS) is 22.0. The summed E-state index contributed by atoms with van der Waals surface area (Å²) in [5, 5.41) is 2.80. The molecule has 2 heterocycles. The molecule has 0 saturated carbocycles. The summed E-state index contributed by atoms with van der Waals surface area (Å²) in [5.41, 5.74) is 2.45. The van der Waals surface area contributed by atoms with Crippen LogP contribution in [0.3, 0.4) is 0 Å². The van der Waals surface area contributed by atoms with Crippen molar-refractivity contribution in [3.05, 3.63) is 35.1 Å². The smallest absolute Gasteiger partial charge is 0.152 e. The van der Waals surface area contributed by atoms with Gasteiger partial charge in [0.05, 0.1) is 0 Å². The molecule has 0 bridgehead atoms. The SMILES string of the molecule is CC(C)c1ccc(N2C[C@H](CCS(=O)O)[C@H]2C)c2cnc(Cl)cc12. The Bertz CT molecular complexity index is 781. The fraction of sp³-hybridized carbons (Fsp3) is 0.500. The molecule has 1 N–H and O–H groups in total. The van der Waals surface area contributed by atoms with Crippen LogP contribution < -0.4 is 4.90 Å². The van der Waals surface area contributed by atoms with Crippen molar-refractivity contribution >= 4 is 39.1 Å². The predicted molar refractivity (Wildman–Crippen MR) is 101 cm³/mol. The molecule has 24 heavy (non-hydrogen) atoms. The van der Waals surface area contributed by atoms with Crippen LogP contribution in [-0.2, 0) is 11.1 Å². The highest BCUT2D eigenvalue weighted by Crippen LogP contribution is 2.39. The van der Waals surface area contributed by atoms with Gasteiger partial charge in [0, 0.05) is 35.6 Å². The topological polar surface area (TPSA) is 53.4 Å². The van der Waals surface area contributed by atoms with Crippen LogP contribution in [0.4, 0.5) is 5.69 Å². The van der Waals surface area contributed by atoms with Gasteiger partial charge in [-0.25, -0.2) is 9.19 Å². The molecule has 3 rings (SSSR count). The Morgan fingerprint density at radius 1 is 1.42 bits per heavy atom. The fourth-order valence-corrected chi connectivity index (χ4v) is 4.23. The molecule has 1 aliphatic rings. The van der Waals surface area contributed by atoms with Gasteiger partial charge in [-0.2, -0.15) is 0 Å². The second-order valence-electron chi connectivity index (χ2n) is 6.85. The summed E-state index contributed by atoms with van der Waals surface area (Å²) in [6.07, 6.45) is 2.65. The van der Waals surface area contributed by atoms with E-state index in [1.54, 1.807) is 0 Å². The minimum atomic E-state index is -1.70. The van der Waals surface area contributed by atoms with E-state index < -0.39 is 11.1 Å². The van der Waals surface area contributed by atoms with Gasteiger partial charge in [-0.15, -0.1) is 0 Å². The molecular weight excluding hydrogens is 344 g/mol. The summed E-state index contributed by atoms with van der Waals surface area (Å²) >= 11 is 4.42. The van der Waals surface area contributed by atoms with Gasteiger partial charge in [-0.1, -0.05) is 31.5 Å². The standard InChI is InChI=1S/C18H23ClN2O2S/c1-11(2)14-4-5-17(16-9-20-18(19)8-15(14)16)21-10-13(12(21)3)6-7-24(22)23/h4-5,8-9,11-13H,6-7,10H2,1-3H3,(H,22,23)/t12-,13+/m1/s1. The van der Waals surface area contributed by atoms with Crippen molar-refractivity contribution in [2.45, 2.75) is 39.2 Å². The lowest BCUT2D eigenvalue weighted by molar-refractivity contribution is 0.304. The Morgan fingerprint density at radius 3 is 2.79 bits per heavy atom. The number of anilines is 1. The van der Waals surface area contributed by atoms with Gasteiger partial charge in [0.1, 0.15) is 5.15 Å². The molecule has 1 aliphatic heterocycles. The zero-order valence-corrected chi connectivity index (χ0v) is 15.8. The first kappa shape index (κ1) is 17.6. The van der Waals surface area contributed by atoms with Gasteiger partial charge in [0.25, 0.3) is 0 Å². The first-order valence-electron chi connectivity index (χ1n) is 8.30. The van der Waals surface area contributed by atoms with E-state index in [0.29, 0.717) is 28.8 Å². The van der Waals surface area contributed by atoms with Gasteiger partial charge in [0.15, 0.2) is 11.1 Å². The Hall–Kier alpha value is -1.17. The van der Waals surface area contributed by atoms with E-state index in [1.807, 2.05) is 12.3 Å². The van der Waals surface area contributed by atoms with E-state index in [1.165, 1.54) is 11.3 Å². The van der Waals surface area contributed by atoms with Crippen molar-refractivity contribution in [1.82, 2.24) is 4.98 Å². The zero-order valence-electron chi connectivity index (χ0n) is 14.2. The number of hydrogen-bond donors (Lipinski definition) is 1. The molecular formula is C18H23ClN2O2S. The number of pyridine rings is 1. The lowest BCUT2D eigenvalue weighted by Gasteiger charge is -2.48. The Kier molecular flexibility index (Phi) is 5.13. The van der Waals surface area contributed by atoms with Crippen molar-refractivity contribution in [2.75, 3.05) is 17.2 Å². The van der Waals surface area contributed by atoms with Crippen molar-refractivity contribution < 1.29 is 8.76 Å². The molecule has 1 fully saturated rings. The molecule has 0 amide bonds. The van der Waals surface area contributed by atoms with Gasteiger partial charge in [-0.3, -0.25) is 0 Å². The third-order valence-corrected chi connectivity index (χ3v) is 5.87. The van der Waals surface area contributed by atoms with Crippen LogP contribution in [0, 0.1) is 5.92 Å². The van der Waals surface area contributed by atoms with Crippen LogP contribution in [0.25, 0.3) is 10.8 Å². The summed E-state index contributed by atoms with van der Waals surface area (Å²) in [7, 11) is 0. The summed E-state index contributed by atoms with van der Waals surface area (Å²) in [6.45, 7) is 7.46. The first-order chi connectivity index (χ1) is 11.4. The minimum Gasteiger partial charge on any atom is -0.368 e. The molecule has 1 aromatic heterocycles. The number of aromatic nitrogens is 1. The molecule has 130 valence electrons. The number of nitrogens with zero attached hydrogens (tertiary/aromatic N) is 2. The minimum absolute atomic E-state index is 0.354. The first-order valence-corrected chi connectivity index (χ1v) is 9.96. The molecule has 2 aromatic rings. The van der Waals surface area contributed by atoms with Crippen LogP contribution in [0.15, 0.2) is 24.4 Å². The van der Waals surface area contributed by atoms with E-state index in [0.717, 1.165) is 23.7 Å². The lowest BCUT2D eigenvalue weighted by Crippen LogP contribution is -2.55. The largest absolute Gasteiger partial charge is 0.368 e. The van der Waals surface area contributed by atoms with Gasteiger partial charge < -0.3 is 9.45 Å². The molecule has 0 aliphatic carbocycles. The average molecular weight is 367 g/mol. The molecule has 0 spiro atoms. The van der Waals surface area contributed by atoms with Crippen LogP contribution in [0.5, 0.6) is 0 Å². The second kappa shape index (κ2) is 6.98. The average Bonchev–Trinajstić information content (AvgIpc) is 2.52. The quantitative estimate of drug-likeness (QED) is 0.627. The van der Waals surface area contributed by atoms with Crippen molar-refractivity contribution in [1.29, 1.82) is 0 Å². The lowest BCUT2D eigenvalue weighted by atomic mass is 9.86. The highest BCUT2D eigenvalue weighted by molar-refractivity contribution is 7.79. The highest BCUT2D eigenvalue weighted by Gasteiger charge is 2.36. The number of benzene rings is 1.